The minimum absolute atomic E-state index is 0.0465. The molecule has 0 aromatic carbocycles. The van der Waals surface area contributed by atoms with Crippen molar-refractivity contribution in [2.24, 2.45) is 39.4 Å². The van der Waals surface area contributed by atoms with Gasteiger partial charge in [-0.1, -0.05) is 64.3 Å². The van der Waals surface area contributed by atoms with E-state index < -0.39 is 0 Å². The van der Waals surface area contributed by atoms with Crippen molar-refractivity contribution in [3.8, 4) is 0 Å². The average Bonchev–Trinajstić information content (AvgIpc) is 2.96. The summed E-state index contributed by atoms with van der Waals surface area (Å²) < 4.78 is 0. The quantitative estimate of drug-likeness (QED) is 0.445. The standard InChI is InChI=1S/C30H50O/c1-20(2)10-9-11-21(3)22-14-18-30(8)24-12-13-25-27(4,5)26(31)16-17-28(25,6)23(24)15-19-29(22,30)7/h10,21-22,25-26,31H,9,11-19H2,1-8H3/t21-,22-,25?,26?,28-,29-,30+/m1/s1/i26+2. The molecule has 4 rings (SSSR count). The van der Waals surface area contributed by atoms with Crippen LogP contribution in [0.15, 0.2) is 22.8 Å². The molecule has 176 valence electrons. The predicted octanol–water partition coefficient (Wildman–Crippen LogP) is 8.48. The van der Waals surface area contributed by atoms with Crippen molar-refractivity contribution in [2.45, 2.75) is 126 Å². The van der Waals surface area contributed by atoms with E-state index in [0.717, 1.165) is 18.3 Å². The number of hydrogen-bond acceptors (Lipinski definition) is 1. The highest BCUT2D eigenvalue weighted by Crippen LogP contribution is 2.72. The average molecular weight is 429 g/mol. The molecule has 1 heteroatoms. The van der Waals surface area contributed by atoms with Crippen molar-refractivity contribution >= 4 is 0 Å². The van der Waals surface area contributed by atoms with Gasteiger partial charge in [0.15, 0.2) is 0 Å². The Morgan fingerprint density at radius 2 is 1.74 bits per heavy atom. The fourth-order valence-electron chi connectivity index (χ4n) is 9.47. The highest BCUT2D eigenvalue weighted by molar-refractivity contribution is 5.38. The predicted molar refractivity (Wildman–Crippen MR) is 133 cm³/mol. The topological polar surface area (TPSA) is 20.2 Å². The van der Waals surface area contributed by atoms with Gasteiger partial charge in [-0.3, -0.25) is 0 Å². The Balaban J connectivity index is 1.65. The van der Waals surface area contributed by atoms with Crippen LogP contribution in [0, 0.1) is 39.4 Å². The van der Waals surface area contributed by atoms with Gasteiger partial charge in [-0.05, 0) is 117 Å². The van der Waals surface area contributed by atoms with Crippen molar-refractivity contribution in [3.63, 3.8) is 0 Å². The normalized spacial score (nSPS) is 44.9. The van der Waals surface area contributed by atoms with E-state index in [9.17, 15) is 5.11 Å². The highest BCUT2D eigenvalue weighted by atomic mass is 16.5. The van der Waals surface area contributed by atoms with Crippen molar-refractivity contribution in [3.05, 3.63) is 22.8 Å². The van der Waals surface area contributed by atoms with Gasteiger partial charge in [0, 0.05) is 0 Å². The first-order valence-corrected chi connectivity index (χ1v) is 13.4. The zero-order valence-electron chi connectivity index (χ0n) is 21.9. The fraction of sp³-hybridized carbons (Fsp3) is 0.867. The van der Waals surface area contributed by atoms with E-state index in [1.54, 1.807) is 0 Å². The molecule has 0 spiro atoms. The summed E-state index contributed by atoms with van der Waals surface area (Å²) in [4.78, 5) is 0. The lowest BCUT2D eigenvalue weighted by atomic mass is 9.45. The van der Waals surface area contributed by atoms with Gasteiger partial charge in [0.25, 0.3) is 0 Å². The molecule has 4 aliphatic carbocycles. The molecule has 0 bridgehead atoms. The van der Waals surface area contributed by atoms with Gasteiger partial charge >= 0.3 is 0 Å². The number of allylic oxidation sites excluding steroid dienone is 4. The second-order valence-corrected chi connectivity index (χ2v) is 13.6. The van der Waals surface area contributed by atoms with Gasteiger partial charge in [-0.2, -0.15) is 0 Å². The number of aliphatic hydroxyl groups excluding tert-OH is 1. The maximum Gasteiger partial charge on any atom is 0.0594 e. The van der Waals surface area contributed by atoms with Crippen molar-refractivity contribution in [1.82, 2.24) is 0 Å². The minimum atomic E-state index is -0.130. The molecular weight excluding hydrogens is 378 g/mol. The SMILES string of the molecule is CC(C)=CCC[C@@H](C)[C@H]1CC[C@@]2(C)C3=C(CC[C@]12C)[C@@]1(C)CC[14CH](O)C(C)(C)C1CC3. The number of fused-ring (bicyclic) bond motifs is 4. The molecule has 2 saturated carbocycles. The summed E-state index contributed by atoms with van der Waals surface area (Å²) in [6, 6.07) is 0. The Morgan fingerprint density at radius 1 is 1.03 bits per heavy atom. The van der Waals surface area contributed by atoms with Crippen LogP contribution in [-0.4, -0.2) is 11.2 Å². The maximum atomic E-state index is 10.8. The lowest BCUT2D eigenvalue weighted by Crippen LogP contribution is -2.55. The smallest absolute Gasteiger partial charge is 0.0594 e. The Labute approximate surface area is 193 Å². The number of rotatable bonds is 4. The molecule has 2 unspecified atom stereocenters. The van der Waals surface area contributed by atoms with E-state index in [4.69, 9.17) is 0 Å². The molecule has 0 radical (unpaired) electrons. The molecule has 4 aliphatic rings. The van der Waals surface area contributed by atoms with Gasteiger partial charge in [0.1, 0.15) is 0 Å². The van der Waals surface area contributed by atoms with Crippen LogP contribution in [0.2, 0.25) is 0 Å². The molecule has 0 aromatic rings. The van der Waals surface area contributed by atoms with Crippen molar-refractivity contribution < 1.29 is 5.11 Å². The van der Waals surface area contributed by atoms with Crippen LogP contribution >= 0.6 is 0 Å². The van der Waals surface area contributed by atoms with Crippen molar-refractivity contribution in [1.29, 1.82) is 0 Å². The zero-order valence-corrected chi connectivity index (χ0v) is 21.9. The Morgan fingerprint density at radius 3 is 2.42 bits per heavy atom. The Kier molecular flexibility index (Phi) is 5.90. The third-order valence-electron chi connectivity index (χ3n) is 11.7. The second-order valence-electron chi connectivity index (χ2n) is 13.6. The number of aliphatic hydroxyl groups is 1. The zero-order chi connectivity index (χ0) is 22.8. The summed E-state index contributed by atoms with van der Waals surface area (Å²) in [6.45, 7) is 19.6. The molecular formula is C30H50O. The molecule has 0 aromatic heterocycles. The van der Waals surface area contributed by atoms with Crippen molar-refractivity contribution in [2.75, 3.05) is 0 Å². The van der Waals surface area contributed by atoms with Crippen LogP contribution in [0.5, 0.6) is 0 Å². The lowest BCUT2D eigenvalue weighted by Gasteiger charge is -2.62. The molecule has 31 heavy (non-hydrogen) atoms. The van der Waals surface area contributed by atoms with E-state index in [1.807, 2.05) is 11.1 Å². The Bertz CT molecular complexity index is 767. The summed E-state index contributed by atoms with van der Waals surface area (Å²) in [5.74, 6) is 2.32. The van der Waals surface area contributed by atoms with Crippen LogP contribution in [0.25, 0.3) is 0 Å². The highest BCUT2D eigenvalue weighted by Gasteiger charge is 2.63. The molecule has 0 aliphatic heterocycles. The molecule has 0 saturated heterocycles. The van der Waals surface area contributed by atoms with Gasteiger partial charge in [0.2, 0.25) is 0 Å². The first kappa shape index (κ1) is 23.6. The van der Waals surface area contributed by atoms with Crippen LogP contribution < -0.4 is 0 Å². The van der Waals surface area contributed by atoms with Gasteiger partial charge in [0.05, 0.1) is 6.10 Å². The van der Waals surface area contributed by atoms with Crippen LogP contribution in [0.3, 0.4) is 0 Å². The van der Waals surface area contributed by atoms with Crippen LogP contribution in [0.4, 0.5) is 0 Å². The summed E-state index contributed by atoms with van der Waals surface area (Å²) in [7, 11) is 0. The van der Waals surface area contributed by atoms with E-state index in [0.29, 0.717) is 22.2 Å². The first-order chi connectivity index (χ1) is 14.4. The molecule has 2 fully saturated rings. The van der Waals surface area contributed by atoms with E-state index in [-0.39, 0.29) is 11.5 Å². The van der Waals surface area contributed by atoms with Gasteiger partial charge < -0.3 is 5.11 Å². The Hall–Kier alpha value is -0.560. The first-order valence-electron chi connectivity index (χ1n) is 13.4. The van der Waals surface area contributed by atoms with E-state index in [2.05, 4.69) is 61.5 Å². The summed E-state index contributed by atoms with van der Waals surface area (Å²) in [6.07, 6.45) is 15.2. The second kappa shape index (κ2) is 7.75. The lowest BCUT2D eigenvalue weighted by molar-refractivity contribution is -0.0962. The third kappa shape index (κ3) is 3.34. The van der Waals surface area contributed by atoms with Gasteiger partial charge in [-0.25, -0.2) is 0 Å². The maximum absolute atomic E-state index is 10.8. The molecule has 0 amide bonds. The molecule has 1 nitrogen and oxygen atoms in total. The fourth-order valence-corrected chi connectivity index (χ4v) is 9.47. The third-order valence-corrected chi connectivity index (χ3v) is 11.7. The van der Waals surface area contributed by atoms with E-state index >= 15 is 0 Å². The summed E-state index contributed by atoms with van der Waals surface area (Å²) in [5, 5.41) is 10.8. The molecule has 0 heterocycles. The summed E-state index contributed by atoms with van der Waals surface area (Å²) in [5.41, 5.74) is 6.41. The van der Waals surface area contributed by atoms with Gasteiger partial charge in [-0.15, -0.1) is 0 Å². The van der Waals surface area contributed by atoms with Crippen LogP contribution in [0.1, 0.15) is 120 Å². The molecule has 1 N–H and O–H groups in total. The largest absolute Gasteiger partial charge is 0.393 e. The summed E-state index contributed by atoms with van der Waals surface area (Å²) >= 11 is 0. The molecule has 7 atom stereocenters. The van der Waals surface area contributed by atoms with Crippen LogP contribution in [-0.2, 0) is 0 Å². The monoisotopic (exact) mass is 428 g/mol. The number of hydrogen-bond donors (Lipinski definition) is 1. The van der Waals surface area contributed by atoms with E-state index in [1.165, 1.54) is 63.4 Å². The minimum Gasteiger partial charge on any atom is -0.393 e.